The molecule has 0 atom stereocenters. The maximum absolute atomic E-state index is 8.81. The lowest BCUT2D eigenvalue weighted by Gasteiger charge is -1.93. The number of rotatable bonds is 1. The van der Waals surface area contributed by atoms with Gasteiger partial charge in [-0.3, -0.25) is 0 Å². The van der Waals surface area contributed by atoms with E-state index in [0.29, 0.717) is 10.8 Å². The van der Waals surface area contributed by atoms with Crippen LogP contribution in [-0.2, 0) is 0 Å². The summed E-state index contributed by atoms with van der Waals surface area (Å²) < 4.78 is 4.31. The number of halogens is 2. The Bertz CT molecular complexity index is 467. The molecule has 0 saturated heterocycles. The van der Waals surface area contributed by atoms with Gasteiger partial charge in [0, 0.05) is 17.2 Å². The number of aromatic hydroxyl groups is 3. The van der Waals surface area contributed by atoms with Crippen LogP contribution in [0, 0.1) is 0 Å². The van der Waals surface area contributed by atoms with Gasteiger partial charge >= 0.3 is 0 Å². The Labute approximate surface area is 114 Å². The van der Waals surface area contributed by atoms with E-state index >= 15 is 0 Å². The van der Waals surface area contributed by atoms with Gasteiger partial charge in [0.2, 0.25) is 0 Å². The summed E-state index contributed by atoms with van der Waals surface area (Å²) in [5.41, 5.74) is 0. The van der Waals surface area contributed by atoms with Crippen LogP contribution in [0.2, 0.25) is 5.02 Å². The molecular weight excluding hydrogens is 279 g/mol. The van der Waals surface area contributed by atoms with Crippen molar-refractivity contribution in [3.8, 4) is 23.0 Å². The average Bonchev–Trinajstić information content (AvgIpc) is 2.27. The van der Waals surface area contributed by atoms with Crippen LogP contribution in [0.4, 0.5) is 0 Å². The fraction of sp³-hybridized carbons (Fsp3) is 0. The van der Waals surface area contributed by atoms with Crippen LogP contribution < -0.4 is 4.29 Å². The summed E-state index contributed by atoms with van der Waals surface area (Å²) >= 11 is 10.4. The molecule has 0 aliphatic carbocycles. The molecule has 0 aliphatic heterocycles. The second-order valence-corrected chi connectivity index (χ2v) is 3.83. The SMILES string of the molecule is Oc1cc(O)cc(Cl)c1.Oc1cccc(OCl)c1. The summed E-state index contributed by atoms with van der Waals surface area (Å²) in [4.78, 5) is 0. The normalized spacial score (nSPS) is 9.22. The molecule has 6 heteroatoms. The first-order valence-corrected chi connectivity index (χ1v) is 5.46. The maximum Gasteiger partial charge on any atom is 0.150 e. The fourth-order valence-corrected chi connectivity index (χ4v) is 1.41. The van der Waals surface area contributed by atoms with Crippen LogP contribution in [0.15, 0.2) is 42.5 Å². The van der Waals surface area contributed by atoms with E-state index in [-0.39, 0.29) is 17.2 Å². The maximum atomic E-state index is 8.81. The molecule has 0 spiro atoms. The summed E-state index contributed by atoms with van der Waals surface area (Å²) in [6.45, 7) is 0. The molecule has 18 heavy (non-hydrogen) atoms. The molecular formula is C12H10Cl2O4. The monoisotopic (exact) mass is 288 g/mol. The molecule has 2 rings (SSSR count). The first-order chi connectivity index (χ1) is 8.51. The Balaban J connectivity index is 0.000000180. The minimum absolute atomic E-state index is 0.0278. The van der Waals surface area contributed by atoms with E-state index < -0.39 is 0 Å². The summed E-state index contributed by atoms with van der Waals surface area (Å²) in [7, 11) is 0. The number of hydrogen-bond donors (Lipinski definition) is 3. The van der Waals surface area contributed by atoms with Gasteiger partial charge in [-0.1, -0.05) is 17.7 Å². The first-order valence-electron chi connectivity index (χ1n) is 4.77. The van der Waals surface area contributed by atoms with Crippen molar-refractivity contribution in [2.75, 3.05) is 0 Å². The summed E-state index contributed by atoms with van der Waals surface area (Å²) in [5, 5.41) is 26.6. The van der Waals surface area contributed by atoms with Crippen molar-refractivity contribution in [3.05, 3.63) is 47.5 Å². The van der Waals surface area contributed by atoms with E-state index in [0.717, 1.165) is 0 Å². The second-order valence-electron chi connectivity index (χ2n) is 3.24. The van der Waals surface area contributed by atoms with E-state index in [1.807, 2.05) is 0 Å². The van der Waals surface area contributed by atoms with Crippen molar-refractivity contribution in [1.29, 1.82) is 0 Å². The lowest BCUT2D eigenvalue weighted by molar-refractivity contribution is 0.450. The third kappa shape index (κ3) is 5.03. The Hall–Kier alpha value is -1.78. The largest absolute Gasteiger partial charge is 0.508 e. The zero-order valence-electron chi connectivity index (χ0n) is 9.05. The first kappa shape index (κ1) is 14.3. The summed E-state index contributed by atoms with van der Waals surface area (Å²) in [6, 6.07) is 10.2. The third-order valence-electron chi connectivity index (χ3n) is 1.77. The summed E-state index contributed by atoms with van der Waals surface area (Å²) in [6.07, 6.45) is 0. The van der Waals surface area contributed by atoms with Gasteiger partial charge in [0.15, 0.2) is 0 Å². The highest BCUT2D eigenvalue weighted by Gasteiger charge is 1.93. The molecule has 2 aromatic carbocycles. The van der Waals surface area contributed by atoms with Gasteiger partial charge in [-0.2, -0.15) is 0 Å². The Morgan fingerprint density at radius 1 is 0.833 bits per heavy atom. The molecule has 3 N–H and O–H groups in total. The van der Waals surface area contributed by atoms with Crippen LogP contribution in [0.1, 0.15) is 0 Å². The van der Waals surface area contributed by atoms with Gasteiger partial charge in [0.05, 0.1) is 0 Å². The standard InChI is InChI=1S/2C6H5ClO2/c7-4-1-5(8)3-6(9)2-4;7-9-6-3-1-2-5(8)4-6/h1-3,8-9H;1-4,8H. The smallest absolute Gasteiger partial charge is 0.150 e. The van der Waals surface area contributed by atoms with Gasteiger partial charge in [-0.05, 0) is 24.3 Å². The molecule has 0 aromatic heterocycles. The zero-order chi connectivity index (χ0) is 13.5. The number of hydrogen-bond acceptors (Lipinski definition) is 4. The predicted octanol–water partition coefficient (Wildman–Crippen LogP) is 3.68. The molecule has 96 valence electrons. The van der Waals surface area contributed by atoms with E-state index in [1.54, 1.807) is 18.2 Å². The van der Waals surface area contributed by atoms with E-state index in [2.05, 4.69) is 4.29 Å². The predicted molar refractivity (Wildman–Crippen MR) is 69.4 cm³/mol. The highest BCUT2D eigenvalue weighted by atomic mass is 35.5. The van der Waals surface area contributed by atoms with Crippen molar-refractivity contribution in [3.63, 3.8) is 0 Å². The zero-order valence-corrected chi connectivity index (χ0v) is 10.6. The molecule has 2 aromatic rings. The highest BCUT2D eigenvalue weighted by Crippen LogP contribution is 2.23. The van der Waals surface area contributed by atoms with Crippen LogP contribution >= 0.6 is 23.5 Å². The molecule has 0 radical (unpaired) electrons. The van der Waals surface area contributed by atoms with Gasteiger partial charge in [0.25, 0.3) is 0 Å². The van der Waals surface area contributed by atoms with Crippen LogP contribution in [0.25, 0.3) is 0 Å². The van der Waals surface area contributed by atoms with Gasteiger partial charge < -0.3 is 19.6 Å². The molecule has 0 heterocycles. The Kier molecular flexibility index (Phi) is 5.42. The third-order valence-corrected chi connectivity index (χ3v) is 2.17. The van der Waals surface area contributed by atoms with Crippen molar-refractivity contribution in [2.24, 2.45) is 0 Å². The van der Waals surface area contributed by atoms with Gasteiger partial charge in [-0.25, -0.2) is 0 Å². The minimum atomic E-state index is -0.0278. The van der Waals surface area contributed by atoms with Crippen LogP contribution in [0.3, 0.4) is 0 Å². The second kappa shape index (κ2) is 6.83. The minimum Gasteiger partial charge on any atom is -0.508 e. The number of phenolic OH excluding ortho intramolecular Hbond substituents is 3. The molecule has 0 amide bonds. The molecule has 0 unspecified atom stereocenters. The van der Waals surface area contributed by atoms with Crippen molar-refractivity contribution in [1.82, 2.24) is 0 Å². The van der Waals surface area contributed by atoms with Crippen molar-refractivity contribution in [2.45, 2.75) is 0 Å². The van der Waals surface area contributed by atoms with Gasteiger partial charge in [0.1, 0.15) is 34.9 Å². The molecule has 0 fully saturated rings. The Morgan fingerprint density at radius 3 is 1.83 bits per heavy atom. The highest BCUT2D eigenvalue weighted by molar-refractivity contribution is 6.30. The van der Waals surface area contributed by atoms with E-state index in [4.69, 9.17) is 38.8 Å². The van der Waals surface area contributed by atoms with Crippen molar-refractivity contribution >= 4 is 23.5 Å². The molecule has 0 aliphatic rings. The Morgan fingerprint density at radius 2 is 1.44 bits per heavy atom. The number of benzene rings is 2. The molecule has 0 saturated carbocycles. The number of phenols is 3. The van der Waals surface area contributed by atoms with Crippen LogP contribution in [0.5, 0.6) is 23.0 Å². The van der Waals surface area contributed by atoms with Crippen LogP contribution in [-0.4, -0.2) is 15.3 Å². The fourth-order valence-electron chi connectivity index (χ4n) is 1.09. The van der Waals surface area contributed by atoms with E-state index in [1.165, 1.54) is 24.3 Å². The van der Waals surface area contributed by atoms with Crippen molar-refractivity contribution < 1.29 is 19.6 Å². The topological polar surface area (TPSA) is 69.9 Å². The van der Waals surface area contributed by atoms with E-state index in [9.17, 15) is 0 Å². The lowest BCUT2D eigenvalue weighted by atomic mass is 10.3. The lowest BCUT2D eigenvalue weighted by Crippen LogP contribution is -1.71. The summed E-state index contributed by atoms with van der Waals surface area (Å²) in [5.74, 6) is 0.532. The van der Waals surface area contributed by atoms with Gasteiger partial charge in [-0.15, -0.1) is 0 Å². The molecule has 4 nitrogen and oxygen atoms in total. The average molecular weight is 289 g/mol. The molecule has 0 bridgehead atoms. The quantitative estimate of drug-likeness (QED) is 0.749.